The summed E-state index contributed by atoms with van der Waals surface area (Å²) in [5, 5.41) is 3.45. The Morgan fingerprint density at radius 2 is 1.90 bits per heavy atom. The number of rotatable bonds is 5. The van der Waals surface area contributed by atoms with Gasteiger partial charge in [-0.1, -0.05) is 48.4 Å². The van der Waals surface area contributed by atoms with Crippen LogP contribution in [0.2, 0.25) is 5.02 Å². The van der Waals surface area contributed by atoms with Gasteiger partial charge in [0.15, 0.2) is 0 Å². The molecule has 1 amide bonds. The molecule has 0 aliphatic carbocycles. The van der Waals surface area contributed by atoms with E-state index in [1.807, 2.05) is 12.1 Å². The molecule has 2 aliphatic heterocycles. The van der Waals surface area contributed by atoms with Gasteiger partial charge in [0, 0.05) is 36.9 Å². The van der Waals surface area contributed by atoms with Crippen molar-refractivity contribution < 1.29 is 13.2 Å². The SMILES string of the molecule is CS(=O)(=O)N1CCCC[C@@H]1C(=O)Nc1ccc(CN2CCc3ccccc3C2)c(Cl)c1. The Balaban J connectivity index is 1.41. The van der Waals surface area contributed by atoms with Gasteiger partial charge in [0.1, 0.15) is 6.04 Å². The van der Waals surface area contributed by atoms with Gasteiger partial charge in [0.2, 0.25) is 15.9 Å². The molecule has 0 aromatic heterocycles. The van der Waals surface area contributed by atoms with Gasteiger partial charge >= 0.3 is 0 Å². The van der Waals surface area contributed by atoms with Crippen LogP contribution in [-0.2, 0) is 34.3 Å². The van der Waals surface area contributed by atoms with Crippen LogP contribution in [0.15, 0.2) is 42.5 Å². The second-order valence-electron chi connectivity index (χ2n) is 8.41. The van der Waals surface area contributed by atoms with Crippen molar-refractivity contribution in [3.63, 3.8) is 0 Å². The van der Waals surface area contributed by atoms with E-state index in [-0.39, 0.29) is 5.91 Å². The third-order valence-electron chi connectivity index (χ3n) is 6.11. The van der Waals surface area contributed by atoms with Crippen molar-refractivity contribution in [1.82, 2.24) is 9.21 Å². The Morgan fingerprint density at radius 3 is 2.65 bits per heavy atom. The summed E-state index contributed by atoms with van der Waals surface area (Å²) < 4.78 is 25.4. The highest BCUT2D eigenvalue weighted by Gasteiger charge is 2.34. The van der Waals surface area contributed by atoms with E-state index >= 15 is 0 Å². The number of carbonyl (C=O) groups excluding carboxylic acids is 1. The highest BCUT2D eigenvalue weighted by Crippen LogP contribution is 2.27. The number of fused-ring (bicyclic) bond motifs is 1. The van der Waals surface area contributed by atoms with Crippen molar-refractivity contribution in [2.45, 2.75) is 44.8 Å². The molecular formula is C23H28ClN3O3S. The van der Waals surface area contributed by atoms with Gasteiger partial charge in [0.05, 0.1) is 6.26 Å². The predicted molar refractivity (Wildman–Crippen MR) is 124 cm³/mol. The molecule has 0 spiro atoms. The molecular weight excluding hydrogens is 434 g/mol. The molecule has 1 saturated heterocycles. The predicted octanol–water partition coefficient (Wildman–Crippen LogP) is 3.65. The normalized spacial score (nSPS) is 20.3. The largest absolute Gasteiger partial charge is 0.325 e. The van der Waals surface area contributed by atoms with E-state index in [1.54, 1.807) is 6.07 Å². The van der Waals surface area contributed by atoms with Gasteiger partial charge in [-0.05, 0) is 48.1 Å². The number of anilines is 1. The second-order valence-corrected chi connectivity index (χ2v) is 10.8. The highest BCUT2D eigenvalue weighted by atomic mass is 35.5. The van der Waals surface area contributed by atoms with E-state index in [2.05, 4.69) is 34.5 Å². The van der Waals surface area contributed by atoms with Crippen LogP contribution in [0.3, 0.4) is 0 Å². The van der Waals surface area contributed by atoms with E-state index < -0.39 is 16.1 Å². The maximum absolute atomic E-state index is 12.8. The van der Waals surface area contributed by atoms with Crippen molar-refractivity contribution in [2.24, 2.45) is 0 Å². The molecule has 2 aliphatic rings. The molecule has 8 heteroatoms. The summed E-state index contributed by atoms with van der Waals surface area (Å²) in [7, 11) is -3.42. The van der Waals surface area contributed by atoms with E-state index in [0.717, 1.165) is 50.7 Å². The van der Waals surface area contributed by atoms with Crippen molar-refractivity contribution in [3.05, 3.63) is 64.2 Å². The van der Waals surface area contributed by atoms with Crippen LogP contribution in [0.1, 0.15) is 36.0 Å². The topological polar surface area (TPSA) is 69.7 Å². The Labute approximate surface area is 189 Å². The number of halogens is 1. The number of piperidine rings is 1. The first kappa shape index (κ1) is 22.3. The molecule has 2 aromatic rings. The fourth-order valence-corrected chi connectivity index (χ4v) is 5.84. The number of amides is 1. The zero-order valence-electron chi connectivity index (χ0n) is 17.7. The first-order chi connectivity index (χ1) is 14.8. The molecule has 166 valence electrons. The monoisotopic (exact) mass is 461 g/mol. The summed E-state index contributed by atoms with van der Waals surface area (Å²) in [5.41, 5.74) is 4.36. The third kappa shape index (κ3) is 5.29. The van der Waals surface area contributed by atoms with E-state index in [9.17, 15) is 13.2 Å². The lowest BCUT2D eigenvalue weighted by atomic mass is 9.99. The number of carbonyl (C=O) groups is 1. The second kappa shape index (κ2) is 9.28. The summed E-state index contributed by atoms with van der Waals surface area (Å²) in [4.78, 5) is 15.2. The van der Waals surface area contributed by atoms with Crippen molar-refractivity contribution in [2.75, 3.05) is 24.7 Å². The number of benzene rings is 2. The first-order valence-corrected chi connectivity index (χ1v) is 12.9. The van der Waals surface area contributed by atoms with Crippen LogP contribution in [0, 0.1) is 0 Å². The van der Waals surface area contributed by atoms with E-state index in [4.69, 9.17) is 11.6 Å². The lowest BCUT2D eigenvalue weighted by Crippen LogP contribution is -2.49. The fourth-order valence-electron chi connectivity index (χ4n) is 4.47. The van der Waals surface area contributed by atoms with Gasteiger partial charge in [-0.3, -0.25) is 9.69 Å². The van der Waals surface area contributed by atoms with Crippen molar-refractivity contribution in [1.29, 1.82) is 0 Å². The van der Waals surface area contributed by atoms with E-state index in [1.165, 1.54) is 15.4 Å². The first-order valence-electron chi connectivity index (χ1n) is 10.7. The molecule has 2 aromatic carbocycles. The standard InChI is InChI=1S/C23H28ClN3O3S/c1-31(29,30)27-12-5-4-8-22(27)23(28)25-20-10-9-19(21(24)14-20)16-26-13-11-17-6-2-3-7-18(17)15-26/h2-3,6-7,9-10,14,22H,4-5,8,11-13,15-16H2,1H3,(H,25,28)/t22-/m1/s1. The molecule has 1 atom stereocenters. The van der Waals surface area contributed by atoms with Crippen LogP contribution < -0.4 is 5.32 Å². The van der Waals surface area contributed by atoms with Crippen molar-refractivity contribution >= 4 is 33.2 Å². The quantitative estimate of drug-likeness (QED) is 0.737. The summed E-state index contributed by atoms with van der Waals surface area (Å²) in [6, 6.07) is 13.4. The summed E-state index contributed by atoms with van der Waals surface area (Å²) in [6.45, 7) is 3.00. The minimum Gasteiger partial charge on any atom is -0.325 e. The molecule has 31 heavy (non-hydrogen) atoms. The summed E-state index contributed by atoms with van der Waals surface area (Å²) in [5.74, 6) is -0.304. The molecule has 0 unspecified atom stereocenters. The highest BCUT2D eigenvalue weighted by molar-refractivity contribution is 7.88. The molecule has 0 radical (unpaired) electrons. The zero-order valence-corrected chi connectivity index (χ0v) is 19.3. The van der Waals surface area contributed by atoms with Gasteiger partial charge in [0.25, 0.3) is 0 Å². The molecule has 0 bridgehead atoms. The Hall–Kier alpha value is -1.93. The lowest BCUT2D eigenvalue weighted by molar-refractivity contribution is -0.120. The van der Waals surface area contributed by atoms with Gasteiger partial charge in [-0.2, -0.15) is 4.31 Å². The van der Waals surface area contributed by atoms with E-state index in [0.29, 0.717) is 23.7 Å². The average Bonchev–Trinajstić information content (AvgIpc) is 2.75. The molecule has 6 nitrogen and oxygen atoms in total. The maximum atomic E-state index is 12.8. The van der Waals surface area contributed by atoms with Crippen LogP contribution in [0.4, 0.5) is 5.69 Å². The number of nitrogens with zero attached hydrogens (tertiary/aromatic N) is 2. The molecule has 1 fully saturated rings. The van der Waals surface area contributed by atoms with Crippen LogP contribution in [-0.4, -0.2) is 48.9 Å². The lowest BCUT2D eigenvalue weighted by Gasteiger charge is -2.32. The Morgan fingerprint density at radius 1 is 1.13 bits per heavy atom. The Kier molecular flexibility index (Phi) is 6.67. The average molecular weight is 462 g/mol. The maximum Gasteiger partial charge on any atom is 0.242 e. The third-order valence-corrected chi connectivity index (χ3v) is 7.75. The minimum atomic E-state index is -3.42. The van der Waals surface area contributed by atoms with Crippen LogP contribution in [0.5, 0.6) is 0 Å². The molecule has 2 heterocycles. The smallest absolute Gasteiger partial charge is 0.242 e. The molecule has 0 saturated carbocycles. The number of nitrogens with one attached hydrogen (secondary N) is 1. The number of hydrogen-bond donors (Lipinski definition) is 1. The minimum absolute atomic E-state index is 0.304. The fraction of sp³-hybridized carbons (Fsp3) is 0.435. The van der Waals surface area contributed by atoms with Gasteiger partial charge in [-0.15, -0.1) is 0 Å². The van der Waals surface area contributed by atoms with Gasteiger partial charge in [-0.25, -0.2) is 8.42 Å². The van der Waals surface area contributed by atoms with Crippen LogP contribution >= 0.6 is 11.6 Å². The summed E-state index contributed by atoms with van der Waals surface area (Å²) in [6.07, 6.45) is 4.33. The van der Waals surface area contributed by atoms with Crippen molar-refractivity contribution in [3.8, 4) is 0 Å². The number of sulfonamides is 1. The molecule has 1 N–H and O–H groups in total. The Bertz CT molecular complexity index is 1070. The molecule has 4 rings (SSSR count). The van der Waals surface area contributed by atoms with Gasteiger partial charge < -0.3 is 5.32 Å². The number of hydrogen-bond acceptors (Lipinski definition) is 4. The summed E-state index contributed by atoms with van der Waals surface area (Å²) >= 11 is 6.54. The zero-order chi connectivity index (χ0) is 22.0. The van der Waals surface area contributed by atoms with Crippen LogP contribution in [0.25, 0.3) is 0 Å².